The first-order valence-corrected chi connectivity index (χ1v) is 10.9. The van der Waals surface area contributed by atoms with E-state index in [1.165, 1.54) is 12.1 Å². The van der Waals surface area contributed by atoms with E-state index < -0.39 is 0 Å². The highest BCUT2D eigenvalue weighted by Crippen LogP contribution is 2.20. The van der Waals surface area contributed by atoms with E-state index in [4.69, 9.17) is 4.74 Å². The lowest BCUT2D eigenvalue weighted by Gasteiger charge is -2.37. The first-order chi connectivity index (χ1) is 14.7. The molecule has 1 aliphatic heterocycles. The lowest BCUT2D eigenvalue weighted by molar-refractivity contribution is 0.127. The summed E-state index contributed by atoms with van der Waals surface area (Å²) >= 11 is 0. The molecule has 168 valence electrons. The van der Waals surface area contributed by atoms with Crippen molar-refractivity contribution in [1.82, 2.24) is 15.1 Å². The van der Waals surface area contributed by atoms with E-state index in [1.807, 2.05) is 49.9 Å². The SMILES string of the molecule is CN1CCC(N(Cc2ccc(F)cc2)C(=O)NCc2ccc(OC(C)(C)C)cc2)CC1. The molecule has 5 nitrogen and oxygen atoms in total. The molecule has 0 aromatic heterocycles. The zero-order chi connectivity index (χ0) is 22.4. The summed E-state index contributed by atoms with van der Waals surface area (Å²) in [5.41, 5.74) is 1.70. The van der Waals surface area contributed by atoms with Crippen LogP contribution in [0.2, 0.25) is 0 Å². The molecule has 1 N–H and O–H groups in total. The standard InChI is InChI=1S/C25H34FN3O2/c1-25(2,3)31-23-11-7-19(8-12-23)17-27-24(30)29(22-13-15-28(4)16-14-22)18-20-5-9-21(26)10-6-20/h5-12,22H,13-18H2,1-4H3,(H,27,30). The van der Waals surface area contributed by atoms with Crippen molar-refractivity contribution in [3.63, 3.8) is 0 Å². The highest BCUT2D eigenvalue weighted by Gasteiger charge is 2.27. The fourth-order valence-corrected chi connectivity index (χ4v) is 3.77. The predicted molar refractivity (Wildman–Crippen MR) is 122 cm³/mol. The molecule has 1 saturated heterocycles. The molecule has 3 rings (SSSR count). The molecule has 1 aliphatic rings. The lowest BCUT2D eigenvalue weighted by atomic mass is 10.0. The second-order valence-electron chi connectivity index (χ2n) is 9.31. The zero-order valence-corrected chi connectivity index (χ0v) is 19.0. The van der Waals surface area contributed by atoms with E-state index in [0.717, 1.165) is 42.8 Å². The van der Waals surface area contributed by atoms with Crippen molar-refractivity contribution in [1.29, 1.82) is 0 Å². The Labute approximate surface area is 185 Å². The fraction of sp³-hybridized carbons (Fsp3) is 0.480. The Kier molecular flexibility index (Phi) is 7.55. The monoisotopic (exact) mass is 427 g/mol. The molecule has 0 bridgehead atoms. The van der Waals surface area contributed by atoms with Crippen molar-refractivity contribution >= 4 is 6.03 Å². The maximum atomic E-state index is 13.3. The Morgan fingerprint density at radius 3 is 2.23 bits per heavy atom. The molecule has 0 unspecified atom stereocenters. The maximum Gasteiger partial charge on any atom is 0.318 e. The Morgan fingerprint density at radius 1 is 1.06 bits per heavy atom. The molecule has 0 spiro atoms. The van der Waals surface area contributed by atoms with Gasteiger partial charge in [-0.05, 0) is 89.1 Å². The van der Waals surface area contributed by atoms with Crippen LogP contribution in [0.4, 0.5) is 9.18 Å². The zero-order valence-electron chi connectivity index (χ0n) is 19.0. The summed E-state index contributed by atoms with van der Waals surface area (Å²) in [6.45, 7) is 8.89. The summed E-state index contributed by atoms with van der Waals surface area (Å²) in [4.78, 5) is 17.3. The third-order valence-electron chi connectivity index (χ3n) is 5.45. The number of ether oxygens (including phenoxy) is 1. The van der Waals surface area contributed by atoms with Crippen LogP contribution in [0.25, 0.3) is 0 Å². The number of carbonyl (C=O) groups excluding carboxylic acids is 1. The number of amides is 2. The summed E-state index contributed by atoms with van der Waals surface area (Å²) in [7, 11) is 2.10. The highest BCUT2D eigenvalue weighted by molar-refractivity contribution is 5.74. The number of hydrogen-bond donors (Lipinski definition) is 1. The minimum absolute atomic E-state index is 0.0890. The van der Waals surface area contributed by atoms with Gasteiger partial charge in [-0.3, -0.25) is 0 Å². The van der Waals surface area contributed by atoms with Gasteiger partial charge in [-0.1, -0.05) is 24.3 Å². The van der Waals surface area contributed by atoms with Crippen LogP contribution in [0.1, 0.15) is 44.7 Å². The van der Waals surface area contributed by atoms with Crippen LogP contribution >= 0.6 is 0 Å². The van der Waals surface area contributed by atoms with E-state index >= 15 is 0 Å². The predicted octanol–water partition coefficient (Wildman–Crippen LogP) is 4.81. The maximum absolute atomic E-state index is 13.3. The summed E-state index contributed by atoms with van der Waals surface area (Å²) < 4.78 is 19.2. The van der Waals surface area contributed by atoms with Crippen molar-refractivity contribution < 1.29 is 13.9 Å². The smallest absolute Gasteiger partial charge is 0.318 e. The summed E-state index contributed by atoms with van der Waals surface area (Å²) in [6.07, 6.45) is 1.87. The Morgan fingerprint density at radius 2 is 1.65 bits per heavy atom. The van der Waals surface area contributed by atoms with Crippen LogP contribution in [-0.4, -0.2) is 47.6 Å². The van der Waals surface area contributed by atoms with E-state index in [1.54, 1.807) is 12.1 Å². The average Bonchev–Trinajstić information content (AvgIpc) is 2.72. The van der Waals surface area contributed by atoms with Gasteiger partial charge in [0.2, 0.25) is 0 Å². The van der Waals surface area contributed by atoms with Crippen LogP contribution in [0.3, 0.4) is 0 Å². The molecule has 1 heterocycles. The van der Waals surface area contributed by atoms with Crippen molar-refractivity contribution in [2.24, 2.45) is 0 Å². The highest BCUT2D eigenvalue weighted by atomic mass is 19.1. The van der Waals surface area contributed by atoms with Crippen LogP contribution in [-0.2, 0) is 13.1 Å². The van der Waals surface area contributed by atoms with E-state index in [2.05, 4.69) is 17.3 Å². The molecule has 1 fully saturated rings. The van der Waals surface area contributed by atoms with E-state index in [0.29, 0.717) is 13.1 Å². The van der Waals surface area contributed by atoms with Gasteiger partial charge in [0.05, 0.1) is 0 Å². The number of urea groups is 1. The number of rotatable bonds is 6. The van der Waals surface area contributed by atoms with Gasteiger partial charge in [0.15, 0.2) is 0 Å². The molecule has 0 atom stereocenters. The Balaban J connectivity index is 1.64. The number of nitrogens with one attached hydrogen (secondary N) is 1. The first kappa shape index (κ1) is 23.1. The topological polar surface area (TPSA) is 44.8 Å². The van der Waals surface area contributed by atoms with Gasteiger partial charge in [-0.15, -0.1) is 0 Å². The van der Waals surface area contributed by atoms with Crippen LogP contribution in [0, 0.1) is 5.82 Å². The van der Waals surface area contributed by atoms with Crippen molar-refractivity contribution in [2.45, 2.75) is 58.3 Å². The molecule has 6 heteroatoms. The van der Waals surface area contributed by atoms with Crippen LogP contribution in [0.5, 0.6) is 5.75 Å². The van der Waals surface area contributed by atoms with Crippen molar-refractivity contribution in [3.05, 3.63) is 65.5 Å². The van der Waals surface area contributed by atoms with Gasteiger partial charge >= 0.3 is 6.03 Å². The molecule has 2 aromatic rings. The lowest BCUT2D eigenvalue weighted by Crippen LogP contribution is -2.49. The van der Waals surface area contributed by atoms with E-state index in [-0.39, 0.29) is 23.5 Å². The first-order valence-electron chi connectivity index (χ1n) is 10.9. The van der Waals surface area contributed by atoms with Gasteiger partial charge in [0, 0.05) is 19.1 Å². The van der Waals surface area contributed by atoms with Crippen molar-refractivity contribution in [3.8, 4) is 5.75 Å². The van der Waals surface area contributed by atoms with Crippen LogP contribution in [0.15, 0.2) is 48.5 Å². The number of piperidine rings is 1. The number of hydrogen-bond acceptors (Lipinski definition) is 3. The number of likely N-dealkylation sites (tertiary alicyclic amines) is 1. The molecule has 2 aromatic carbocycles. The summed E-state index contributed by atoms with van der Waals surface area (Å²) in [6, 6.07) is 14.3. The molecule has 31 heavy (non-hydrogen) atoms. The van der Waals surface area contributed by atoms with Gasteiger partial charge in [0.25, 0.3) is 0 Å². The second-order valence-corrected chi connectivity index (χ2v) is 9.31. The normalized spacial score (nSPS) is 15.5. The largest absolute Gasteiger partial charge is 0.488 e. The van der Waals surface area contributed by atoms with Gasteiger partial charge in [0.1, 0.15) is 17.2 Å². The van der Waals surface area contributed by atoms with Gasteiger partial charge in [-0.25, -0.2) is 9.18 Å². The average molecular weight is 428 g/mol. The molecule has 0 aliphatic carbocycles. The third-order valence-corrected chi connectivity index (χ3v) is 5.45. The third kappa shape index (κ3) is 7.24. The van der Waals surface area contributed by atoms with Gasteiger partial charge in [-0.2, -0.15) is 0 Å². The minimum atomic E-state index is -0.266. The number of carbonyl (C=O) groups is 1. The van der Waals surface area contributed by atoms with Crippen LogP contribution < -0.4 is 10.1 Å². The number of nitrogens with zero attached hydrogens (tertiary/aromatic N) is 2. The Hall–Kier alpha value is -2.60. The second kappa shape index (κ2) is 10.1. The Bertz CT molecular complexity index is 839. The summed E-state index contributed by atoms with van der Waals surface area (Å²) in [5, 5.41) is 3.07. The summed E-state index contributed by atoms with van der Waals surface area (Å²) in [5.74, 6) is 0.546. The molecule has 0 radical (unpaired) electrons. The molecule has 2 amide bonds. The minimum Gasteiger partial charge on any atom is -0.488 e. The van der Waals surface area contributed by atoms with Gasteiger partial charge < -0.3 is 19.9 Å². The number of halogens is 1. The van der Waals surface area contributed by atoms with Crippen molar-refractivity contribution in [2.75, 3.05) is 20.1 Å². The fourth-order valence-electron chi connectivity index (χ4n) is 3.77. The van der Waals surface area contributed by atoms with E-state index in [9.17, 15) is 9.18 Å². The molecule has 0 saturated carbocycles. The number of benzene rings is 2. The quantitative estimate of drug-likeness (QED) is 0.720. The molecular formula is C25H34FN3O2. The molecular weight excluding hydrogens is 393 g/mol.